The molecule has 0 aliphatic carbocycles. The molecule has 0 aliphatic rings. The van der Waals surface area contributed by atoms with Gasteiger partial charge in [0.1, 0.15) is 12.4 Å². The van der Waals surface area contributed by atoms with Crippen molar-refractivity contribution in [3.63, 3.8) is 0 Å². The molecular formula is C21H28Cl2N2O. The molecule has 0 unspecified atom stereocenters. The Balaban J connectivity index is 1.70. The second-order valence-electron chi connectivity index (χ2n) is 6.24. The largest absolute Gasteiger partial charge is 0.489 e. The summed E-state index contributed by atoms with van der Waals surface area (Å²) in [6, 6.07) is 13.8. The van der Waals surface area contributed by atoms with Gasteiger partial charge in [0, 0.05) is 6.54 Å². The maximum absolute atomic E-state index is 6.02. The van der Waals surface area contributed by atoms with E-state index in [1.54, 1.807) is 6.07 Å². The molecular weight excluding hydrogens is 367 g/mol. The third kappa shape index (κ3) is 7.16. The summed E-state index contributed by atoms with van der Waals surface area (Å²) in [6.45, 7) is 10.2. The minimum Gasteiger partial charge on any atom is -0.489 e. The fourth-order valence-electron chi connectivity index (χ4n) is 2.70. The zero-order valence-electron chi connectivity index (χ0n) is 15.6. The number of halogens is 2. The summed E-state index contributed by atoms with van der Waals surface area (Å²) < 4.78 is 5.81. The van der Waals surface area contributed by atoms with E-state index in [9.17, 15) is 0 Å². The Morgan fingerprint density at radius 2 is 1.62 bits per heavy atom. The Bertz CT molecular complexity index is 658. The minimum atomic E-state index is 0.472. The molecule has 0 aromatic heterocycles. The highest BCUT2D eigenvalue weighted by molar-refractivity contribution is 6.42. The number of nitrogens with zero attached hydrogens (tertiary/aromatic N) is 1. The van der Waals surface area contributed by atoms with Gasteiger partial charge in [0.2, 0.25) is 0 Å². The quantitative estimate of drug-likeness (QED) is 0.516. The van der Waals surface area contributed by atoms with Gasteiger partial charge in [0.05, 0.1) is 10.0 Å². The molecule has 0 saturated heterocycles. The first kappa shape index (κ1) is 21.0. The third-order valence-electron chi connectivity index (χ3n) is 4.36. The second kappa shape index (κ2) is 11.5. The van der Waals surface area contributed by atoms with Gasteiger partial charge in [-0.25, -0.2) is 0 Å². The molecule has 3 nitrogen and oxygen atoms in total. The first-order chi connectivity index (χ1) is 12.6. The maximum Gasteiger partial charge on any atom is 0.119 e. The SMILES string of the molecule is CCN(CC)CCCNCc1ccc(OCc2ccc(Cl)c(Cl)c2)cc1. The van der Waals surface area contributed by atoms with E-state index in [0.717, 1.165) is 44.0 Å². The van der Waals surface area contributed by atoms with Gasteiger partial charge >= 0.3 is 0 Å². The van der Waals surface area contributed by atoms with Crippen LogP contribution in [0.15, 0.2) is 42.5 Å². The summed E-state index contributed by atoms with van der Waals surface area (Å²) in [5, 5.41) is 4.61. The van der Waals surface area contributed by atoms with Gasteiger partial charge in [-0.1, -0.05) is 55.2 Å². The molecule has 5 heteroatoms. The van der Waals surface area contributed by atoms with Crippen LogP contribution in [-0.4, -0.2) is 31.1 Å². The summed E-state index contributed by atoms with van der Waals surface area (Å²) in [4.78, 5) is 2.45. The van der Waals surface area contributed by atoms with Crippen molar-refractivity contribution < 1.29 is 4.74 Å². The van der Waals surface area contributed by atoms with E-state index >= 15 is 0 Å². The van der Waals surface area contributed by atoms with E-state index < -0.39 is 0 Å². The molecule has 0 amide bonds. The molecule has 2 aromatic rings. The number of rotatable bonds is 11. The van der Waals surface area contributed by atoms with Gasteiger partial charge < -0.3 is 15.0 Å². The van der Waals surface area contributed by atoms with Crippen LogP contribution in [0.5, 0.6) is 5.75 Å². The van der Waals surface area contributed by atoms with Gasteiger partial charge in [0.25, 0.3) is 0 Å². The Hall–Kier alpha value is -1.26. The predicted molar refractivity (Wildman–Crippen MR) is 111 cm³/mol. The summed E-state index contributed by atoms with van der Waals surface area (Å²) in [7, 11) is 0. The van der Waals surface area contributed by atoms with Crippen molar-refractivity contribution in [2.45, 2.75) is 33.4 Å². The Labute approximate surface area is 167 Å². The first-order valence-electron chi connectivity index (χ1n) is 9.21. The molecule has 2 rings (SSSR count). The van der Waals surface area contributed by atoms with E-state index in [1.165, 1.54) is 12.0 Å². The molecule has 0 atom stereocenters. The van der Waals surface area contributed by atoms with Crippen LogP contribution in [0.1, 0.15) is 31.4 Å². The summed E-state index contributed by atoms with van der Waals surface area (Å²) in [6.07, 6.45) is 1.17. The van der Waals surface area contributed by atoms with Crippen LogP contribution < -0.4 is 10.1 Å². The van der Waals surface area contributed by atoms with Crippen LogP contribution in [0.25, 0.3) is 0 Å². The lowest BCUT2D eigenvalue weighted by Crippen LogP contribution is -2.27. The van der Waals surface area contributed by atoms with Gasteiger partial charge in [-0.3, -0.25) is 0 Å². The van der Waals surface area contributed by atoms with Crippen molar-refractivity contribution in [3.05, 3.63) is 63.6 Å². The van der Waals surface area contributed by atoms with Crippen LogP contribution in [0, 0.1) is 0 Å². The molecule has 26 heavy (non-hydrogen) atoms. The van der Waals surface area contributed by atoms with Crippen LogP contribution in [0.2, 0.25) is 10.0 Å². The normalized spacial score (nSPS) is 11.1. The molecule has 0 fully saturated rings. The average Bonchev–Trinajstić information content (AvgIpc) is 2.66. The number of benzene rings is 2. The lowest BCUT2D eigenvalue weighted by molar-refractivity contribution is 0.298. The van der Waals surface area contributed by atoms with Crippen molar-refractivity contribution in [1.82, 2.24) is 10.2 Å². The summed E-state index contributed by atoms with van der Waals surface area (Å²) >= 11 is 11.9. The van der Waals surface area contributed by atoms with Crippen LogP contribution in [0.3, 0.4) is 0 Å². The van der Waals surface area contributed by atoms with E-state index in [4.69, 9.17) is 27.9 Å². The van der Waals surface area contributed by atoms with Gasteiger partial charge in [-0.15, -0.1) is 0 Å². The first-order valence-corrected chi connectivity index (χ1v) is 9.96. The highest BCUT2D eigenvalue weighted by Gasteiger charge is 2.02. The molecule has 0 saturated carbocycles. The molecule has 1 N–H and O–H groups in total. The summed E-state index contributed by atoms with van der Waals surface area (Å²) in [5.41, 5.74) is 2.26. The van der Waals surface area contributed by atoms with Gasteiger partial charge in [0.15, 0.2) is 0 Å². The van der Waals surface area contributed by atoms with E-state index in [2.05, 4.69) is 36.2 Å². The maximum atomic E-state index is 6.02. The average molecular weight is 395 g/mol. The van der Waals surface area contributed by atoms with Gasteiger partial charge in [-0.05, 0) is 68.0 Å². The highest BCUT2D eigenvalue weighted by atomic mass is 35.5. The third-order valence-corrected chi connectivity index (χ3v) is 5.10. The topological polar surface area (TPSA) is 24.5 Å². The van der Waals surface area contributed by atoms with Crippen molar-refractivity contribution in [1.29, 1.82) is 0 Å². The zero-order valence-corrected chi connectivity index (χ0v) is 17.1. The fraction of sp³-hybridized carbons (Fsp3) is 0.429. The van der Waals surface area contributed by atoms with Crippen LogP contribution in [-0.2, 0) is 13.2 Å². The number of nitrogens with one attached hydrogen (secondary N) is 1. The standard InChI is InChI=1S/C21H28Cl2N2O/c1-3-25(4-2)13-5-12-24-15-17-6-9-19(10-7-17)26-16-18-8-11-20(22)21(23)14-18/h6-11,14,24H,3-5,12-13,15-16H2,1-2H3. The number of hydrogen-bond donors (Lipinski definition) is 1. The van der Waals surface area contributed by atoms with Crippen molar-refractivity contribution in [2.75, 3.05) is 26.2 Å². The Morgan fingerprint density at radius 3 is 2.27 bits per heavy atom. The molecule has 2 aromatic carbocycles. The molecule has 0 bridgehead atoms. The van der Waals surface area contributed by atoms with E-state index in [0.29, 0.717) is 16.7 Å². The minimum absolute atomic E-state index is 0.472. The fourth-order valence-corrected chi connectivity index (χ4v) is 3.02. The Kier molecular flexibility index (Phi) is 9.27. The van der Waals surface area contributed by atoms with Gasteiger partial charge in [-0.2, -0.15) is 0 Å². The lowest BCUT2D eigenvalue weighted by atomic mass is 10.2. The predicted octanol–water partition coefficient (Wildman–Crippen LogP) is 5.39. The van der Waals surface area contributed by atoms with Crippen molar-refractivity contribution >= 4 is 23.2 Å². The van der Waals surface area contributed by atoms with Crippen LogP contribution >= 0.6 is 23.2 Å². The van der Waals surface area contributed by atoms with E-state index in [1.807, 2.05) is 24.3 Å². The summed E-state index contributed by atoms with van der Waals surface area (Å²) in [5.74, 6) is 0.848. The molecule has 142 valence electrons. The lowest BCUT2D eigenvalue weighted by Gasteiger charge is -2.17. The number of ether oxygens (including phenoxy) is 1. The molecule has 0 radical (unpaired) electrons. The second-order valence-corrected chi connectivity index (χ2v) is 7.05. The van der Waals surface area contributed by atoms with Crippen molar-refractivity contribution in [3.8, 4) is 5.75 Å². The molecule has 0 spiro atoms. The monoisotopic (exact) mass is 394 g/mol. The smallest absolute Gasteiger partial charge is 0.119 e. The molecule has 0 heterocycles. The van der Waals surface area contributed by atoms with Crippen molar-refractivity contribution in [2.24, 2.45) is 0 Å². The highest BCUT2D eigenvalue weighted by Crippen LogP contribution is 2.23. The molecule has 0 aliphatic heterocycles. The van der Waals surface area contributed by atoms with Crippen LogP contribution in [0.4, 0.5) is 0 Å². The Morgan fingerprint density at radius 1 is 0.923 bits per heavy atom. The zero-order chi connectivity index (χ0) is 18.8. The van der Waals surface area contributed by atoms with E-state index in [-0.39, 0.29) is 0 Å². The number of hydrogen-bond acceptors (Lipinski definition) is 3.